The number of carbonyl (C=O) groups is 2. The van der Waals surface area contributed by atoms with Gasteiger partial charge in [0.2, 0.25) is 5.91 Å². The predicted octanol–water partition coefficient (Wildman–Crippen LogP) is 0.856. The molecular weight excluding hydrogens is 244 g/mol. The SMILES string of the molecule is CCOC(=O)CN1C(=O)C(N)CCc2ccccc21. The molecule has 0 saturated carbocycles. The van der Waals surface area contributed by atoms with E-state index in [4.69, 9.17) is 10.5 Å². The van der Waals surface area contributed by atoms with Crippen LogP contribution in [0.15, 0.2) is 24.3 Å². The van der Waals surface area contributed by atoms with E-state index in [9.17, 15) is 9.59 Å². The molecule has 0 bridgehead atoms. The van der Waals surface area contributed by atoms with E-state index in [-0.39, 0.29) is 12.5 Å². The van der Waals surface area contributed by atoms with Crippen molar-refractivity contribution in [1.82, 2.24) is 0 Å². The van der Waals surface area contributed by atoms with E-state index >= 15 is 0 Å². The molecule has 0 aliphatic carbocycles. The monoisotopic (exact) mass is 262 g/mol. The quantitative estimate of drug-likeness (QED) is 0.820. The Hall–Kier alpha value is -1.88. The van der Waals surface area contributed by atoms with Crippen molar-refractivity contribution in [3.63, 3.8) is 0 Å². The minimum Gasteiger partial charge on any atom is -0.465 e. The lowest BCUT2D eigenvalue weighted by Gasteiger charge is -2.23. The highest BCUT2D eigenvalue weighted by molar-refractivity contribution is 6.01. The molecular formula is C14H18N2O3. The molecule has 5 heteroatoms. The van der Waals surface area contributed by atoms with E-state index in [0.717, 1.165) is 17.7 Å². The number of hydrogen-bond donors (Lipinski definition) is 1. The van der Waals surface area contributed by atoms with Crippen molar-refractivity contribution in [1.29, 1.82) is 0 Å². The third-order valence-electron chi connectivity index (χ3n) is 3.18. The summed E-state index contributed by atoms with van der Waals surface area (Å²) >= 11 is 0. The average Bonchev–Trinajstić information content (AvgIpc) is 2.52. The fourth-order valence-electron chi connectivity index (χ4n) is 2.24. The van der Waals surface area contributed by atoms with Crippen LogP contribution in [0.25, 0.3) is 0 Å². The van der Waals surface area contributed by atoms with Crippen LogP contribution < -0.4 is 10.6 Å². The van der Waals surface area contributed by atoms with Crippen molar-refractivity contribution in [2.24, 2.45) is 5.73 Å². The fraction of sp³-hybridized carbons (Fsp3) is 0.429. The molecule has 0 spiro atoms. The molecule has 0 aromatic heterocycles. The first-order valence-corrected chi connectivity index (χ1v) is 6.44. The molecule has 1 aromatic carbocycles. The van der Waals surface area contributed by atoms with Crippen LogP contribution in [-0.4, -0.2) is 31.1 Å². The van der Waals surface area contributed by atoms with Crippen LogP contribution in [0.4, 0.5) is 5.69 Å². The van der Waals surface area contributed by atoms with E-state index in [0.29, 0.717) is 13.0 Å². The van der Waals surface area contributed by atoms with Gasteiger partial charge in [0.05, 0.1) is 12.6 Å². The number of fused-ring (bicyclic) bond motifs is 1. The topological polar surface area (TPSA) is 72.6 Å². The molecule has 1 heterocycles. The normalized spacial score (nSPS) is 18.7. The van der Waals surface area contributed by atoms with E-state index < -0.39 is 12.0 Å². The number of esters is 1. The standard InChI is InChI=1S/C14H18N2O3/c1-2-19-13(17)9-16-12-6-4-3-5-10(12)7-8-11(15)14(16)18/h3-6,11H,2,7-9,15H2,1H3. The zero-order valence-corrected chi connectivity index (χ0v) is 11.0. The van der Waals surface area contributed by atoms with Crippen LogP contribution in [0, 0.1) is 0 Å². The van der Waals surface area contributed by atoms with E-state index in [1.807, 2.05) is 24.3 Å². The molecule has 102 valence electrons. The van der Waals surface area contributed by atoms with Crippen LogP contribution in [0.2, 0.25) is 0 Å². The number of nitrogens with zero attached hydrogens (tertiary/aromatic N) is 1. The van der Waals surface area contributed by atoms with Crippen LogP contribution in [0.1, 0.15) is 18.9 Å². The number of amides is 1. The van der Waals surface area contributed by atoms with Gasteiger partial charge in [-0.3, -0.25) is 14.5 Å². The van der Waals surface area contributed by atoms with E-state index in [1.54, 1.807) is 6.92 Å². The minimum atomic E-state index is -0.568. The van der Waals surface area contributed by atoms with Gasteiger partial charge in [-0.05, 0) is 31.4 Å². The lowest BCUT2D eigenvalue weighted by atomic mass is 10.1. The second-order valence-electron chi connectivity index (χ2n) is 4.50. The summed E-state index contributed by atoms with van der Waals surface area (Å²) in [6.45, 7) is 1.95. The maximum absolute atomic E-state index is 12.2. The molecule has 5 nitrogen and oxygen atoms in total. The molecule has 1 atom stereocenters. The number of benzene rings is 1. The molecule has 0 saturated heterocycles. The zero-order valence-electron chi connectivity index (χ0n) is 11.0. The number of carbonyl (C=O) groups excluding carboxylic acids is 2. The Kier molecular flexibility index (Phi) is 4.16. The number of rotatable bonds is 3. The van der Waals surface area contributed by atoms with Gasteiger partial charge in [-0.25, -0.2) is 0 Å². The maximum atomic E-state index is 12.2. The van der Waals surface area contributed by atoms with Gasteiger partial charge in [-0.1, -0.05) is 18.2 Å². The van der Waals surface area contributed by atoms with Crippen molar-refractivity contribution >= 4 is 17.6 Å². The second-order valence-corrected chi connectivity index (χ2v) is 4.50. The first kappa shape index (κ1) is 13.5. The van der Waals surface area contributed by atoms with E-state index in [1.165, 1.54) is 4.90 Å². The highest BCUT2D eigenvalue weighted by atomic mass is 16.5. The molecule has 2 rings (SSSR count). The Labute approximate surface area is 112 Å². The summed E-state index contributed by atoms with van der Waals surface area (Å²) in [5.74, 6) is -0.641. The van der Waals surface area contributed by atoms with Gasteiger partial charge in [0, 0.05) is 5.69 Å². The van der Waals surface area contributed by atoms with Gasteiger partial charge in [0.15, 0.2) is 0 Å². The summed E-state index contributed by atoms with van der Waals surface area (Å²) in [5, 5.41) is 0. The highest BCUT2D eigenvalue weighted by Crippen LogP contribution is 2.26. The van der Waals surface area contributed by atoms with Gasteiger partial charge in [0.25, 0.3) is 0 Å². The Morgan fingerprint density at radius 1 is 1.47 bits per heavy atom. The first-order chi connectivity index (χ1) is 9.13. The zero-order chi connectivity index (χ0) is 13.8. The lowest BCUT2D eigenvalue weighted by molar-refractivity contribution is -0.142. The summed E-state index contributed by atoms with van der Waals surface area (Å²) < 4.78 is 4.91. The summed E-state index contributed by atoms with van der Waals surface area (Å²) in [4.78, 5) is 25.3. The summed E-state index contributed by atoms with van der Waals surface area (Å²) in [6, 6.07) is 6.99. The van der Waals surface area contributed by atoms with Crippen LogP contribution >= 0.6 is 0 Å². The van der Waals surface area contributed by atoms with Gasteiger partial charge < -0.3 is 10.5 Å². The molecule has 2 N–H and O–H groups in total. The molecule has 1 aromatic rings. The smallest absolute Gasteiger partial charge is 0.326 e. The third-order valence-corrected chi connectivity index (χ3v) is 3.18. The summed E-state index contributed by atoms with van der Waals surface area (Å²) in [7, 11) is 0. The molecule has 0 fully saturated rings. The number of aryl methyl sites for hydroxylation is 1. The number of anilines is 1. The highest BCUT2D eigenvalue weighted by Gasteiger charge is 2.29. The number of nitrogens with two attached hydrogens (primary N) is 1. The van der Waals surface area contributed by atoms with E-state index in [2.05, 4.69) is 0 Å². The second kappa shape index (κ2) is 5.84. The Morgan fingerprint density at radius 2 is 2.21 bits per heavy atom. The predicted molar refractivity (Wildman–Crippen MR) is 71.7 cm³/mol. The molecule has 1 unspecified atom stereocenters. The number of ether oxygens (including phenoxy) is 1. The van der Waals surface area contributed by atoms with Crippen molar-refractivity contribution < 1.29 is 14.3 Å². The van der Waals surface area contributed by atoms with Crippen molar-refractivity contribution in [3.05, 3.63) is 29.8 Å². The maximum Gasteiger partial charge on any atom is 0.326 e. The Morgan fingerprint density at radius 3 is 2.95 bits per heavy atom. The van der Waals surface area contributed by atoms with Gasteiger partial charge >= 0.3 is 5.97 Å². The largest absolute Gasteiger partial charge is 0.465 e. The summed E-state index contributed by atoms with van der Waals surface area (Å²) in [6.07, 6.45) is 1.33. The molecule has 1 aliphatic rings. The average molecular weight is 262 g/mol. The minimum absolute atomic E-state index is 0.0859. The molecule has 1 aliphatic heterocycles. The number of para-hydroxylation sites is 1. The number of hydrogen-bond acceptors (Lipinski definition) is 4. The molecule has 1 amide bonds. The Balaban J connectivity index is 2.31. The summed E-state index contributed by atoms with van der Waals surface area (Å²) in [5.41, 5.74) is 7.65. The fourth-order valence-corrected chi connectivity index (χ4v) is 2.24. The van der Waals surface area contributed by atoms with Crippen molar-refractivity contribution in [3.8, 4) is 0 Å². The third kappa shape index (κ3) is 2.93. The van der Waals surface area contributed by atoms with Crippen molar-refractivity contribution in [2.45, 2.75) is 25.8 Å². The Bertz CT molecular complexity index is 487. The van der Waals surface area contributed by atoms with Crippen LogP contribution in [-0.2, 0) is 20.7 Å². The molecule has 19 heavy (non-hydrogen) atoms. The lowest BCUT2D eigenvalue weighted by Crippen LogP contribution is -2.45. The van der Waals surface area contributed by atoms with Crippen LogP contribution in [0.3, 0.4) is 0 Å². The van der Waals surface area contributed by atoms with Gasteiger partial charge in [0.1, 0.15) is 6.54 Å². The molecule has 0 radical (unpaired) electrons. The first-order valence-electron chi connectivity index (χ1n) is 6.44. The van der Waals surface area contributed by atoms with Crippen LogP contribution in [0.5, 0.6) is 0 Å². The van der Waals surface area contributed by atoms with Crippen molar-refractivity contribution in [2.75, 3.05) is 18.1 Å². The van der Waals surface area contributed by atoms with Gasteiger partial charge in [-0.15, -0.1) is 0 Å². The van der Waals surface area contributed by atoms with Gasteiger partial charge in [-0.2, -0.15) is 0 Å².